The number of phenols is 1. The molecule has 1 aromatic carbocycles. The molecule has 1 aliphatic rings. The summed E-state index contributed by atoms with van der Waals surface area (Å²) in [5.41, 5.74) is 1.54. The lowest BCUT2D eigenvalue weighted by Gasteiger charge is -2.22. The fraction of sp³-hybridized carbons (Fsp3) is 0.462. The summed E-state index contributed by atoms with van der Waals surface area (Å²) < 4.78 is 0. The van der Waals surface area contributed by atoms with Crippen molar-refractivity contribution < 1.29 is 9.90 Å². The first-order valence-corrected chi connectivity index (χ1v) is 5.70. The number of carbonyl (C=O) groups is 1. The van der Waals surface area contributed by atoms with E-state index in [2.05, 4.69) is 6.92 Å². The summed E-state index contributed by atoms with van der Waals surface area (Å²) in [4.78, 5) is 14.1. The van der Waals surface area contributed by atoms with Crippen molar-refractivity contribution in [3.05, 3.63) is 29.3 Å². The molecule has 1 saturated heterocycles. The highest BCUT2D eigenvalue weighted by Crippen LogP contribution is 2.23. The van der Waals surface area contributed by atoms with Gasteiger partial charge in [0, 0.05) is 18.2 Å². The first-order valence-electron chi connectivity index (χ1n) is 5.70. The van der Waals surface area contributed by atoms with E-state index >= 15 is 0 Å². The highest BCUT2D eigenvalue weighted by molar-refractivity contribution is 5.96. The number of rotatable bonds is 1. The molecule has 0 spiro atoms. The number of aryl methyl sites for hydroxylation is 1. The van der Waals surface area contributed by atoms with Crippen LogP contribution in [0.4, 0.5) is 0 Å². The molecule has 3 nitrogen and oxygen atoms in total. The Morgan fingerprint density at radius 1 is 1.50 bits per heavy atom. The number of nitrogens with zero attached hydrogens (tertiary/aromatic N) is 1. The van der Waals surface area contributed by atoms with Crippen LogP contribution in [0.25, 0.3) is 0 Å². The van der Waals surface area contributed by atoms with Gasteiger partial charge in [-0.2, -0.15) is 0 Å². The van der Waals surface area contributed by atoms with Crippen LogP contribution in [0.3, 0.4) is 0 Å². The molecule has 1 fully saturated rings. The van der Waals surface area contributed by atoms with E-state index in [9.17, 15) is 9.90 Å². The molecule has 1 N–H and O–H groups in total. The number of carbonyl (C=O) groups excluding carboxylic acids is 1. The van der Waals surface area contributed by atoms with Crippen molar-refractivity contribution in [1.82, 2.24) is 4.90 Å². The van der Waals surface area contributed by atoms with E-state index in [-0.39, 0.29) is 11.7 Å². The van der Waals surface area contributed by atoms with Gasteiger partial charge in [-0.3, -0.25) is 4.79 Å². The van der Waals surface area contributed by atoms with E-state index < -0.39 is 0 Å². The third-order valence-corrected chi connectivity index (χ3v) is 3.27. The number of benzene rings is 1. The lowest BCUT2D eigenvalue weighted by molar-refractivity contribution is 0.0746. The van der Waals surface area contributed by atoms with Gasteiger partial charge < -0.3 is 10.0 Å². The predicted molar refractivity (Wildman–Crippen MR) is 62.6 cm³/mol. The zero-order chi connectivity index (χ0) is 11.7. The maximum Gasteiger partial charge on any atom is 0.254 e. The van der Waals surface area contributed by atoms with Gasteiger partial charge in [-0.05, 0) is 44.4 Å². The SMILES string of the molecule is Cc1ccc(O)cc1C(=O)N1CCCC1C. The van der Waals surface area contributed by atoms with Crippen LogP contribution in [-0.4, -0.2) is 28.5 Å². The Morgan fingerprint density at radius 3 is 2.88 bits per heavy atom. The summed E-state index contributed by atoms with van der Waals surface area (Å²) in [6.45, 7) is 4.80. The number of hydrogen-bond acceptors (Lipinski definition) is 2. The largest absolute Gasteiger partial charge is 0.508 e. The van der Waals surface area contributed by atoms with E-state index in [1.807, 2.05) is 11.8 Å². The van der Waals surface area contributed by atoms with Gasteiger partial charge in [-0.25, -0.2) is 0 Å². The highest BCUT2D eigenvalue weighted by Gasteiger charge is 2.26. The van der Waals surface area contributed by atoms with Gasteiger partial charge >= 0.3 is 0 Å². The van der Waals surface area contributed by atoms with Gasteiger partial charge in [0.05, 0.1) is 0 Å². The van der Waals surface area contributed by atoms with Gasteiger partial charge in [-0.1, -0.05) is 6.07 Å². The number of likely N-dealkylation sites (tertiary alicyclic amines) is 1. The lowest BCUT2D eigenvalue weighted by Crippen LogP contribution is -2.33. The molecule has 0 saturated carbocycles. The normalized spacial score (nSPS) is 20.1. The van der Waals surface area contributed by atoms with Crippen molar-refractivity contribution in [2.45, 2.75) is 32.7 Å². The Labute approximate surface area is 95.7 Å². The fourth-order valence-electron chi connectivity index (χ4n) is 2.23. The monoisotopic (exact) mass is 219 g/mol. The highest BCUT2D eigenvalue weighted by atomic mass is 16.3. The first-order chi connectivity index (χ1) is 7.59. The minimum Gasteiger partial charge on any atom is -0.508 e. The second-order valence-corrected chi connectivity index (χ2v) is 4.49. The van der Waals surface area contributed by atoms with Crippen LogP contribution in [0.2, 0.25) is 0 Å². The molecule has 0 aliphatic carbocycles. The summed E-state index contributed by atoms with van der Waals surface area (Å²) in [5, 5.41) is 9.42. The van der Waals surface area contributed by atoms with Crippen LogP contribution in [0.15, 0.2) is 18.2 Å². The van der Waals surface area contributed by atoms with Crippen LogP contribution in [0.5, 0.6) is 5.75 Å². The Hall–Kier alpha value is -1.51. The summed E-state index contributed by atoms with van der Waals surface area (Å²) in [5.74, 6) is 0.194. The van der Waals surface area contributed by atoms with Crippen LogP contribution in [0.1, 0.15) is 35.7 Å². The average molecular weight is 219 g/mol. The number of phenolic OH excluding ortho intramolecular Hbond substituents is 1. The molecule has 0 radical (unpaired) electrons. The first kappa shape index (κ1) is 11.0. The lowest BCUT2D eigenvalue weighted by atomic mass is 10.1. The van der Waals surface area contributed by atoms with Crippen LogP contribution in [0, 0.1) is 6.92 Å². The zero-order valence-electron chi connectivity index (χ0n) is 9.73. The summed E-state index contributed by atoms with van der Waals surface area (Å²) in [6.07, 6.45) is 2.15. The second-order valence-electron chi connectivity index (χ2n) is 4.49. The molecule has 1 amide bonds. The molecule has 1 aliphatic heterocycles. The zero-order valence-corrected chi connectivity index (χ0v) is 9.73. The Balaban J connectivity index is 2.29. The van der Waals surface area contributed by atoms with Crippen LogP contribution >= 0.6 is 0 Å². The molecular formula is C13H17NO2. The molecule has 2 rings (SSSR count). The summed E-state index contributed by atoms with van der Waals surface area (Å²) in [6, 6.07) is 5.26. The minimum absolute atomic E-state index is 0.0402. The smallest absolute Gasteiger partial charge is 0.254 e. The fourth-order valence-corrected chi connectivity index (χ4v) is 2.23. The minimum atomic E-state index is 0.0402. The van der Waals surface area contributed by atoms with Crippen molar-refractivity contribution in [2.75, 3.05) is 6.54 Å². The number of aromatic hydroxyl groups is 1. The van der Waals surface area contributed by atoms with Crippen molar-refractivity contribution in [1.29, 1.82) is 0 Å². The van der Waals surface area contributed by atoms with Crippen molar-refractivity contribution in [2.24, 2.45) is 0 Å². The number of amides is 1. The van der Waals surface area contributed by atoms with Crippen LogP contribution < -0.4 is 0 Å². The molecule has 16 heavy (non-hydrogen) atoms. The maximum atomic E-state index is 12.2. The third kappa shape index (κ3) is 1.90. The Kier molecular flexibility index (Phi) is 2.86. The Morgan fingerprint density at radius 2 is 2.25 bits per heavy atom. The molecular weight excluding hydrogens is 202 g/mol. The van der Waals surface area contributed by atoms with E-state index in [1.54, 1.807) is 18.2 Å². The summed E-state index contributed by atoms with van der Waals surface area (Å²) in [7, 11) is 0. The molecule has 1 atom stereocenters. The second kappa shape index (κ2) is 4.16. The molecule has 1 unspecified atom stereocenters. The molecule has 0 bridgehead atoms. The molecule has 3 heteroatoms. The number of hydrogen-bond donors (Lipinski definition) is 1. The van der Waals surface area contributed by atoms with Gasteiger partial charge in [0.2, 0.25) is 0 Å². The maximum absolute atomic E-state index is 12.2. The summed E-state index contributed by atoms with van der Waals surface area (Å²) >= 11 is 0. The van der Waals surface area contributed by atoms with Crippen molar-refractivity contribution >= 4 is 5.91 Å². The van der Waals surface area contributed by atoms with Gasteiger partial charge in [0.1, 0.15) is 5.75 Å². The Bertz CT molecular complexity index is 414. The van der Waals surface area contributed by atoms with Crippen molar-refractivity contribution in [3.63, 3.8) is 0 Å². The van der Waals surface area contributed by atoms with E-state index in [0.29, 0.717) is 11.6 Å². The molecule has 86 valence electrons. The average Bonchev–Trinajstić information content (AvgIpc) is 2.67. The molecule has 1 aromatic rings. The molecule has 1 heterocycles. The van der Waals surface area contributed by atoms with Crippen molar-refractivity contribution in [3.8, 4) is 5.75 Å². The van der Waals surface area contributed by atoms with Gasteiger partial charge in [0.15, 0.2) is 0 Å². The van der Waals surface area contributed by atoms with E-state index in [4.69, 9.17) is 0 Å². The van der Waals surface area contributed by atoms with E-state index in [0.717, 1.165) is 24.9 Å². The van der Waals surface area contributed by atoms with Gasteiger partial charge in [-0.15, -0.1) is 0 Å². The third-order valence-electron chi connectivity index (χ3n) is 3.27. The predicted octanol–water partition coefficient (Wildman–Crippen LogP) is 2.33. The quantitative estimate of drug-likeness (QED) is 0.787. The standard InChI is InChI=1S/C13H17NO2/c1-9-5-6-11(15)8-12(9)13(16)14-7-3-4-10(14)2/h5-6,8,10,15H,3-4,7H2,1-2H3. The van der Waals surface area contributed by atoms with Crippen LogP contribution in [-0.2, 0) is 0 Å². The van der Waals surface area contributed by atoms with E-state index in [1.165, 1.54) is 0 Å². The van der Waals surface area contributed by atoms with Gasteiger partial charge in [0.25, 0.3) is 5.91 Å². The topological polar surface area (TPSA) is 40.5 Å². The molecule has 0 aromatic heterocycles.